The minimum Gasteiger partial charge on any atom is -0.481 e. The Labute approximate surface area is 120 Å². The predicted octanol–water partition coefficient (Wildman–Crippen LogP) is 0.762. The maximum atomic E-state index is 11.7. The first kappa shape index (κ1) is 16.9. The molecule has 1 amide bonds. The summed E-state index contributed by atoms with van der Waals surface area (Å²) in [4.78, 5) is 23.1. The van der Waals surface area contributed by atoms with Crippen LogP contribution in [0.3, 0.4) is 0 Å². The SMILES string of the molecule is CC(C)NCCCC(=O)NCC1(C(=O)O)CCOCC1. The van der Waals surface area contributed by atoms with Crippen LogP contribution in [0, 0.1) is 5.41 Å². The van der Waals surface area contributed by atoms with Crippen molar-refractivity contribution in [2.75, 3.05) is 26.3 Å². The molecule has 0 unspecified atom stereocenters. The van der Waals surface area contributed by atoms with Crippen molar-refractivity contribution in [3.05, 3.63) is 0 Å². The molecule has 0 spiro atoms. The first-order valence-electron chi connectivity index (χ1n) is 7.27. The Hall–Kier alpha value is -1.14. The van der Waals surface area contributed by atoms with E-state index < -0.39 is 11.4 Å². The van der Waals surface area contributed by atoms with E-state index in [1.807, 2.05) is 0 Å². The monoisotopic (exact) mass is 286 g/mol. The third kappa shape index (κ3) is 5.46. The van der Waals surface area contributed by atoms with Crippen molar-refractivity contribution in [1.82, 2.24) is 10.6 Å². The molecule has 1 rings (SSSR count). The summed E-state index contributed by atoms with van der Waals surface area (Å²) in [6.07, 6.45) is 2.09. The highest BCUT2D eigenvalue weighted by atomic mass is 16.5. The normalized spacial score (nSPS) is 17.9. The second-order valence-corrected chi connectivity index (χ2v) is 5.69. The molecule has 20 heavy (non-hydrogen) atoms. The molecule has 0 saturated carbocycles. The van der Waals surface area contributed by atoms with Gasteiger partial charge in [-0.1, -0.05) is 13.8 Å². The highest BCUT2D eigenvalue weighted by Crippen LogP contribution is 2.30. The van der Waals surface area contributed by atoms with E-state index in [2.05, 4.69) is 24.5 Å². The average Bonchev–Trinajstić information content (AvgIpc) is 2.42. The topological polar surface area (TPSA) is 87.7 Å². The van der Waals surface area contributed by atoms with Crippen LogP contribution in [-0.2, 0) is 14.3 Å². The third-order valence-corrected chi connectivity index (χ3v) is 3.66. The van der Waals surface area contributed by atoms with E-state index in [1.165, 1.54) is 0 Å². The fourth-order valence-electron chi connectivity index (χ4n) is 2.22. The number of amides is 1. The van der Waals surface area contributed by atoms with Gasteiger partial charge in [0.05, 0.1) is 5.41 Å². The van der Waals surface area contributed by atoms with Crippen molar-refractivity contribution >= 4 is 11.9 Å². The summed E-state index contributed by atoms with van der Waals surface area (Å²) in [6, 6.07) is 0.413. The van der Waals surface area contributed by atoms with Crippen LogP contribution in [0.25, 0.3) is 0 Å². The molecule has 1 fully saturated rings. The summed E-state index contributed by atoms with van der Waals surface area (Å²) in [5, 5.41) is 15.4. The molecule has 1 saturated heterocycles. The summed E-state index contributed by atoms with van der Waals surface area (Å²) in [5.41, 5.74) is -0.857. The number of aliphatic carboxylic acids is 1. The number of carbonyl (C=O) groups is 2. The van der Waals surface area contributed by atoms with Crippen molar-refractivity contribution in [2.45, 2.75) is 45.6 Å². The van der Waals surface area contributed by atoms with E-state index in [1.54, 1.807) is 0 Å². The minimum absolute atomic E-state index is 0.0809. The van der Waals surface area contributed by atoms with Gasteiger partial charge in [0.2, 0.25) is 5.91 Å². The number of carboxylic acid groups (broad SMARTS) is 1. The fraction of sp³-hybridized carbons (Fsp3) is 0.857. The van der Waals surface area contributed by atoms with Crippen molar-refractivity contribution in [2.24, 2.45) is 5.41 Å². The molecule has 1 aliphatic heterocycles. The Morgan fingerprint density at radius 1 is 1.30 bits per heavy atom. The summed E-state index contributed by atoms with van der Waals surface area (Å²) < 4.78 is 5.20. The highest BCUT2D eigenvalue weighted by Gasteiger charge is 2.40. The van der Waals surface area contributed by atoms with Crippen molar-refractivity contribution < 1.29 is 19.4 Å². The Morgan fingerprint density at radius 2 is 1.95 bits per heavy atom. The van der Waals surface area contributed by atoms with E-state index in [-0.39, 0.29) is 12.5 Å². The molecule has 0 aromatic rings. The maximum absolute atomic E-state index is 11.7. The van der Waals surface area contributed by atoms with Crippen LogP contribution < -0.4 is 10.6 Å². The molecule has 0 radical (unpaired) electrons. The Bertz CT molecular complexity index is 325. The highest BCUT2D eigenvalue weighted by molar-refractivity contribution is 5.79. The molecular weight excluding hydrogens is 260 g/mol. The van der Waals surface area contributed by atoms with Crippen LogP contribution >= 0.6 is 0 Å². The number of rotatable bonds is 8. The average molecular weight is 286 g/mol. The zero-order valence-corrected chi connectivity index (χ0v) is 12.4. The zero-order valence-electron chi connectivity index (χ0n) is 12.4. The van der Waals surface area contributed by atoms with Crippen LogP contribution in [0.1, 0.15) is 39.5 Å². The molecule has 0 atom stereocenters. The molecule has 6 heteroatoms. The van der Waals surface area contributed by atoms with Gasteiger partial charge in [0.25, 0.3) is 0 Å². The van der Waals surface area contributed by atoms with Crippen molar-refractivity contribution in [3.63, 3.8) is 0 Å². The molecule has 0 aromatic carbocycles. The van der Waals surface area contributed by atoms with Crippen LogP contribution in [0.5, 0.6) is 0 Å². The zero-order chi connectivity index (χ0) is 15.0. The largest absolute Gasteiger partial charge is 0.481 e. The standard InChI is InChI=1S/C14H26N2O4/c1-11(2)15-7-3-4-12(17)16-10-14(13(18)19)5-8-20-9-6-14/h11,15H,3-10H2,1-2H3,(H,16,17)(H,18,19). The van der Waals surface area contributed by atoms with E-state index in [4.69, 9.17) is 4.74 Å². The first-order valence-corrected chi connectivity index (χ1v) is 7.27. The van der Waals surface area contributed by atoms with E-state index in [0.717, 1.165) is 13.0 Å². The van der Waals surface area contributed by atoms with Crippen LogP contribution in [0.4, 0.5) is 0 Å². The second-order valence-electron chi connectivity index (χ2n) is 5.69. The van der Waals surface area contributed by atoms with Crippen molar-refractivity contribution in [3.8, 4) is 0 Å². The third-order valence-electron chi connectivity index (χ3n) is 3.66. The molecule has 116 valence electrons. The molecule has 0 aromatic heterocycles. The number of carboxylic acids is 1. The van der Waals surface area contributed by atoms with Gasteiger partial charge in [-0.3, -0.25) is 9.59 Å². The first-order chi connectivity index (χ1) is 9.46. The molecule has 6 nitrogen and oxygen atoms in total. The second kappa shape index (κ2) is 8.21. The minimum atomic E-state index is -0.857. The Balaban J connectivity index is 2.29. The lowest BCUT2D eigenvalue weighted by molar-refractivity contribution is -0.154. The lowest BCUT2D eigenvalue weighted by atomic mass is 9.80. The molecule has 1 heterocycles. The summed E-state index contributed by atoms with van der Waals surface area (Å²) in [6.45, 7) is 6.00. The van der Waals surface area contributed by atoms with Gasteiger partial charge in [-0.15, -0.1) is 0 Å². The number of hydrogen-bond acceptors (Lipinski definition) is 4. The number of hydrogen-bond donors (Lipinski definition) is 3. The van der Waals surface area contributed by atoms with Gasteiger partial charge in [-0.25, -0.2) is 0 Å². The predicted molar refractivity (Wildman–Crippen MR) is 75.5 cm³/mol. The Kier molecular flexibility index (Phi) is 6.95. The summed E-state index contributed by atoms with van der Waals surface area (Å²) in [7, 11) is 0. The van der Waals surface area contributed by atoms with Gasteiger partial charge in [0.1, 0.15) is 0 Å². The fourth-order valence-corrected chi connectivity index (χ4v) is 2.22. The van der Waals surface area contributed by atoms with Gasteiger partial charge < -0.3 is 20.5 Å². The molecular formula is C14H26N2O4. The van der Waals surface area contributed by atoms with E-state index >= 15 is 0 Å². The maximum Gasteiger partial charge on any atom is 0.311 e. The van der Waals surface area contributed by atoms with E-state index in [9.17, 15) is 14.7 Å². The number of nitrogens with one attached hydrogen (secondary N) is 2. The molecule has 0 bridgehead atoms. The summed E-state index contributed by atoms with van der Waals surface area (Å²) >= 11 is 0. The lowest BCUT2D eigenvalue weighted by Crippen LogP contribution is -2.46. The van der Waals surface area contributed by atoms with E-state index in [0.29, 0.717) is 38.5 Å². The van der Waals surface area contributed by atoms with Gasteiger partial charge in [-0.05, 0) is 25.8 Å². The molecule has 0 aliphatic carbocycles. The number of carbonyl (C=O) groups excluding carboxylic acids is 1. The van der Waals surface area contributed by atoms with Crippen LogP contribution in [-0.4, -0.2) is 49.3 Å². The van der Waals surface area contributed by atoms with Crippen molar-refractivity contribution in [1.29, 1.82) is 0 Å². The van der Waals surface area contributed by atoms with Gasteiger partial charge >= 0.3 is 5.97 Å². The van der Waals surface area contributed by atoms with Gasteiger partial charge in [-0.2, -0.15) is 0 Å². The summed E-state index contributed by atoms with van der Waals surface area (Å²) in [5.74, 6) is -0.926. The smallest absolute Gasteiger partial charge is 0.311 e. The molecule has 1 aliphatic rings. The molecule has 3 N–H and O–H groups in total. The van der Waals surface area contributed by atoms with Gasteiger partial charge in [0.15, 0.2) is 0 Å². The number of ether oxygens (including phenoxy) is 1. The van der Waals surface area contributed by atoms with Gasteiger partial charge in [0, 0.05) is 32.2 Å². The lowest BCUT2D eigenvalue weighted by Gasteiger charge is -2.33. The quantitative estimate of drug-likeness (QED) is 0.573. The Morgan fingerprint density at radius 3 is 2.50 bits per heavy atom. The van der Waals surface area contributed by atoms with Crippen LogP contribution in [0.2, 0.25) is 0 Å². The van der Waals surface area contributed by atoms with Crippen LogP contribution in [0.15, 0.2) is 0 Å².